The highest BCUT2D eigenvalue weighted by Gasteiger charge is 2.35. The standard InChI is InChI=1S/C16H23BrN2O/c1-19(14-8-12-3-4-13(9-14)18-12)10-11-7-15(20-2)5-6-16(11)17/h5-7,12-14,18H,3-4,8-10H2,1-2H3. The van der Waals surface area contributed by atoms with Crippen molar-refractivity contribution in [3.05, 3.63) is 28.2 Å². The number of fused-ring (bicyclic) bond motifs is 2. The fourth-order valence-corrected chi connectivity index (χ4v) is 3.96. The molecule has 3 rings (SSSR count). The van der Waals surface area contributed by atoms with E-state index in [9.17, 15) is 0 Å². The number of methoxy groups -OCH3 is 1. The van der Waals surface area contributed by atoms with Gasteiger partial charge >= 0.3 is 0 Å². The smallest absolute Gasteiger partial charge is 0.119 e. The Bertz CT molecular complexity index is 468. The minimum Gasteiger partial charge on any atom is -0.497 e. The number of hydrogen-bond acceptors (Lipinski definition) is 3. The lowest BCUT2D eigenvalue weighted by molar-refractivity contribution is 0.165. The van der Waals surface area contributed by atoms with Gasteiger partial charge in [0.1, 0.15) is 5.75 Å². The topological polar surface area (TPSA) is 24.5 Å². The molecule has 0 aromatic heterocycles. The summed E-state index contributed by atoms with van der Waals surface area (Å²) in [5, 5.41) is 3.71. The van der Waals surface area contributed by atoms with E-state index in [-0.39, 0.29) is 0 Å². The predicted octanol–water partition coefficient (Wildman–Crippen LogP) is 3.17. The normalized spacial score (nSPS) is 28.9. The number of nitrogens with zero attached hydrogens (tertiary/aromatic N) is 1. The van der Waals surface area contributed by atoms with Crippen molar-refractivity contribution >= 4 is 15.9 Å². The van der Waals surface area contributed by atoms with Gasteiger partial charge in [-0.2, -0.15) is 0 Å². The summed E-state index contributed by atoms with van der Waals surface area (Å²) in [4.78, 5) is 2.51. The van der Waals surface area contributed by atoms with Crippen molar-refractivity contribution in [2.24, 2.45) is 0 Å². The SMILES string of the molecule is COc1ccc(Br)c(CN(C)C2CC3CCC(C2)N3)c1. The minimum atomic E-state index is 0.701. The molecule has 0 spiro atoms. The number of rotatable bonds is 4. The Kier molecular flexibility index (Phi) is 4.34. The maximum atomic E-state index is 5.33. The van der Waals surface area contributed by atoms with E-state index in [0.29, 0.717) is 6.04 Å². The van der Waals surface area contributed by atoms with Gasteiger partial charge in [-0.25, -0.2) is 0 Å². The molecule has 2 aliphatic heterocycles. The van der Waals surface area contributed by atoms with Gasteiger partial charge in [-0.05, 0) is 56.5 Å². The molecule has 3 nitrogen and oxygen atoms in total. The van der Waals surface area contributed by atoms with Crippen LogP contribution >= 0.6 is 15.9 Å². The first-order valence-corrected chi connectivity index (χ1v) is 8.23. The lowest BCUT2D eigenvalue weighted by Crippen LogP contribution is -2.46. The van der Waals surface area contributed by atoms with E-state index in [4.69, 9.17) is 4.74 Å². The van der Waals surface area contributed by atoms with Crippen molar-refractivity contribution in [1.29, 1.82) is 0 Å². The molecule has 2 fully saturated rings. The molecule has 2 aliphatic rings. The number of halogens is 1. The van der Waals surface area contributed by atoms with Crippen LogP contribution < -0.4 is 10.1 Å². The second kappa shape index (κ2) is 6.04. The predicted molar refractivity (Wildman–Crippen MR) is 85.1 cm³/mol. The fourth-order valence-electron chi connectivity index (χ4n) is 3.58. The molecule has 0 radical (unpaired) electrons. The van der Waals surface area contributed by atoms with Crippen LogP contribution in [0.2, 0.25) is 0 Å². The van der Waals surface area contributed by atoms with Crippen LogP contribution in [-0.2, 0) is 6.54 Å². The van der Waals surface area contributed by atoms with Crippen LogP contribution in [0, 0.1) is 0 Å². The summed E-state index contributed by atoms with van der Waals surface area (Å²) in [7, 11) is 3.97. The average Bonchev–Trinajstić information content (AvgIpc) is 2.79. The largest absolute Gasteiger partial charge is 0.497 e. The molecule has 2 saturated heterocycles. The van der Waals surface area contributed by atoms with Gasteiger partial charge < -0.3 is 10.1 Å². The Morgan fingerprint density at radius 3 is 2.65 bits per heavy atom. The van der Waals surface area contributed by atoms with E-state index < -0.39 is 0 Å². The molecule has 1 aromatic rings. The number of hydrogen-bond donors (Lipinski definition) is 1. The first-order chi connectivity index (χ1) is 9.65. The van der Waals surface area contributed by atoms with Gasteiger partial charge in [0.05, 0.1) is 7.11 Å². The van der Waals surface area contributed by atoms with Crippen LogP contribution in [0.4, 0.5) is 0 Å². The Morgan fingerprint density at radius 2 is 2.00 bits per heavy atom. The molecule has 20 heavy (non-hydrogen) atoms. The van der Waals surface area contributed by atoms with Crippen LogP contribution in [0.1, 0.15) is 31.2 Å². The molecule has 4 heteroatoms. The molecule has 2 atom stereocenters. The van der Waals surface area contributed by atoms with Crippen molar-refractivity contribution in [3.8, 4) is 5.75 Å². The molecule has 0 amide bonds. The first kappa shape index (κ1) is 14.4. The summed E-state index contributed by atoms with van der Waals surface area (Å²) in [5.74, 6) is 0.932. The molecular formula is C16H23BrN2O. The summed E-state index contributed by atoms with van der Waals surface area (Å²) < 4.78 is 6.50. The maximum absolute atomic E-state index is 5.33. The monoisotopic (exact) mass is 338 g/mol. The van der Waals surface area contributed by atoms with Crippen LogP contribution in [0.5, 0.6) is 5.75 Å². The quantitative estimate of drug-likeness (QED) is 0.912. The Labute approximate surface area is 129 Å². The summed E-state index contributed by atoms with van der Waals surface area (Å²) in [5.41, 5.74) is 1.30. The van der Waals surface area contributed by atoms with Crippen LogP contribution in [0.15, 0.2) is 22.7 Å². The molecule has 2 heterocycles. The van der Waals surface area contributed by atoms with Gasteiger partial charge in [0.25, 0.3) is 0 Å². The Balaban J connectivity index is 1.68. The van der Waals surface area contributed by atoms with E-state index >= 15 is 0 Å². The third-order valence-corrected chi connectivity index (χ3v) is 5.52. The molecule has 1 aromatic carbocycles. The fraction of sp³-hybridized carbons (Fsp3) is 0.625. The van der Waals surface area contributed by atoms with Gasteiger partial charge in [0.15, 0.2) is 0 Å². The summed E-state index contributed by atoms with van der Waals surface area (Å²) in [6.07, 6.45) is 5.29. The minimum absolute atomic E-state index is 0.701. The highest BCUT2D eigenvalue weighted by molar-refractivity contribution is 9.10. The molecule has 2 bridgehead atoms. The zero-order valence-corrected chi connectivity index (χ0v) is 13.8. The van der Waals surface area contributed by atoms with Gasteiger partial charge in [0, 0.05) is 29.1 Å². The lowest BCUT2D eigenvalue weighted by atomic mass is 9.98. The number of nitrogens with one attached hydrogen (secondary N) is 1. The molecule has 110 valence electrons. The summed E-state index contributed by atoms with van der Waals surface area (Å²) in [6.45, 7) is 0.974. The van der Waals surface area contributed by atoms with E-state index in [0.717, 1.165) is 24.4 Å². The highest BCUT2D eigenvalue weighted by Crippen LogP contribution is 2.31. The van der Waals surface area contributed by atoms with Gasteiger partial charge in [-0.15, -0.1) is 0 Å². The molecule has 0 aliphatic carbocycles. The zero-order valence-electron chi connectivity index (χ0n) is 12.2. The third-order valence-electron chi connectivity index (χ3n) is 4.74. The Morgan fingerprint density at radius 1 is 1.30 bits per heavy atom. The van der Waals surface area contributed by atoms with Crippen molar-refractivity contribution in [3.63, 3.8) is 0 Å². The third kappa shape index (κ3) is 3.02. The van der Waals surface area contributed by atoms with E-state index in [1.807, 2.05) is 6.07 Å². The van der Waals surface area contributed by atoms with Crippen molar-refractivity contribution in [1.82, 2.24) is 10.2 Å². The van der Waals surface area contributed by atoms with Crippen LogP contribution in [-0.4, -0.2) is 37.2 Å². The molecule has 1 N–H and O–H groups in total. The van der Waals surface area contributed by atoms with E-state index in [1.54, 1.807) is 7.11 Å². The van der Waals surface area contributed by atoms with Crippen LogP contribution in [0.25, 0.3) is 0 Å². The zero-order chi connectivity index (χ0) is 14.1. The van der Waals surface area contributed by atoms with E-state index in [1.165, 1.54) is 35.7 Å². The molecule has 2 unspecified atom stereocenters. The highest BCUT2D eigenvalue weighted by atomic mass is 79.9. The molecular weight excluding hydrogens is 316 g/mol. The van der Waals surface area contributed by atoms with Crippen LogP contribution in [0.3, 0.4) is 0 Å². The molecule has 0 saturated carbocycles. The first-order valence-electron chi connectivity index (χ1n) is 7.44. The van der Waals surface area contributed by atoms with Crippen molar-refractivity contribution in [2.45, 2.75) is 50.4 Å². The number of ether oxygens (including phenoxy) is 1. The second-order valence-corrected chi connectivity index (χ2v) is 6.99. The number of piperidine rings is 1. The number of benzene rings is 1. The van der Waals surface area contributed by atoms with Gasteiger partial charge in [-0.3, -0.25) is 4.90 Å². The summed E-state index contributed by atoms with van der Waals surface area (Å²) in [6, 6.07) is 8.40. The van der Waals surface area contributed by atoms with Crippen molar-refractivity contribution < 1.29 is 4.74 Å². The second-order valence-electron chi connectivity index (χ2n) is 6.14. The van der Waals surface area contributed by atoms with E-state index in [2.05, 4.69) is 45.3 Å². The van der Waals surface area contributed by atoms with Gasteiger partial charge in [-0.1, -0.05) is 15.9 Å². The maximum Gasteiger partial charge on any atom is 0.119 e. The Hall–Kier alpha value is -0.580. The lowest BCUT2D eigenvalue weighted by Gasteiger charge is -2.35. The van der Waals surface area contributed by atoms with Gasteiger partial charge in [0.2, 0.25) is 0 Å². The van der Waals surface area contributed by atoms with Crippen molar-refractivity contribution in [2.75, 3.05) is 14.2 Å². The summed E-state index contributed by atoms with van der Waals surface area (Å²) >= 11 is 3.65. The average molecular weight is 339 g/mol.